The molecular weight excluding hydrogens is 1090 g/mol. The molecule has 0 atom stereocenters. The number of hydrogen-bond donors (Lipinski definition) is 0. The van der Waals surface area contributed by atoms with Gasteiger partial charge < -0.3 is 79.2 Å². The topological polar surface area (TPSA) is 594 Å². The van der Waals surface area contributed by atoms with Gasteiger partial charge in [-0.15, -0.1) is 0 Å². The molecule has 0 N–H and O–H groups in total. The molecule has 0 aromatic rings. The summed E-state index contributed by atoms with van der Waals surface area (Å²) in [6.07, 6.45) is -4.54. The summed E-state index contributed by atoms with van der Waals surface area (Å²) in [5.74, 6) is -27.5. The zero-order valence-corrected chi connectivity index (χ0v) is 42.8. The fourth-order valence-electron chi connectivity index (χ4n) is 2.39. The van der Waals surface area contributed by atoms with Crippen molar-refractivity contribution < 1.29 is 199 Å². The van der Waals surface area contributed by atoms with Crippen molar-refractivity contribution >= 4 is 140 Å². The standard InChI is InChI=1S/8C5H6O4.2Ti/c8*1-3(6)2-4(7)5(8)9;;/h8*2H2,1H3,(H,8,9);;/q;;;;;;;;2*+4/p-8. The maximum absolute atomic E-state index is 10.1. The van der Waals surface area contributed by atoms with Crippen molar-refractivity contribution in [2.75, 3.05) is 0 Å². The second-order valence-corrected chi connectivity index (χ2v) is 12.7. The molecule has 0 aromatic carbocycles. The number of hydrogen-bond acceptors (Lipinski definition) is 32. The van der Waals surface area contributed by atoms with Crippen molar-refractivity contribution in [3.63, 3.8) is 0 Å². The van der Waals surface area contributed by atoms with E-state index < -0.39 is 192 Å². The second kappa shape index (κ2) is 51.3. The van der Waals surface area contributed by atoms with Gasteiger partial charge in [0.05, 0.1) is 51.4 Å². The van der Waals surface area contributed by atoms with Crippen molar-refractivity contribution in [3.05, 3.63) is 0 Å². The van der Waals surface area contributed by atoms with E-state index >= 15 is 0 Å². The molecule has 0 spiro atoms. The Balaban J connectivity index is -0.0000000788. The van der Waals surface area contributed by atoms with Crippen LogP contribution in [0.1, 0.15) is 107 Å². The van der Waals surface area contributed by atoms with Gasteiger partial charge in [-0.3, -0.25) is 76.7 Å². The number of aliphatic carboxylic acids is 8. The van der Waals surface area contributed by atoms with Gasteiger partial charge in [0.15, 0.2) is 46.3 Å². The maximum Gasteiger partial charge on any atom is 4.00 e. The molecule has 0 heterocycles. The van der Waals surface area contributed by atoms with E-state index in [4.69, 9.17) is 0 Å². The predicted molar refractivity (Wildman–Crippen MR) is 202 cm³/mol. The molecule has 74 heavy (non-hydrogen) atoms. The molecule has 34 heteroatoms. The molecule has 0 saturated carbocycles. The van der Waals surface area contributed by atoms with E-state index in [9.17, 15) is 156 Å². The van der Waals surface area contributed by atoms with Gasteiger partial charge in [0, 0.05) is 0 Å². The van der Waals surface area contributed by atoms with Gasteiger partial charge in [0.25, 0.3) is 0 Å². The van der Waals surface area contributed by atoms with Crippen molar-refractivity contribution in [2.24, 2.45) is 0 Å². The minimum atomic E-state index is -1.80. The number of rotatable bonds is 24. The average molecular weight is 1130 g/mol. The van der Waals surface area contributed by atoms with Crippen LogP contribution in [0.5, 0.6) is 0 Å². The van der Waals surface area contributed by atoms with E-state index in [1.807, 2.05) is 0 Å². The van der Waals surface area contributed by atoms with Crippen molar-refractivity contribution in [1.82, 2.24) is 0 Å². The van der Waals surface area contributed by atoms with E-state index in [1.54, 1.807) is 0 Å². The average Bonchev–Trinajstić information content (AvgIpc) is 3.17. The van der Waals surface area contributed by atoms with E-state index in [0.29, 0.717) is 0 Å². The molecule has 0 fully saturated rings. The van der Waals surface area contributed by atoms with Crippen LogP contribution in [-0.4, -0.2) is 140 Å². The number of carbonyl (C=O) groups excluding carboxylic acids is 24. The Hall–Kier alpha value is -8.09. The van der Waals surface area contributed by atoms with Crippen molar-refractivity contribution in [3.8, 4) is 0 Å². The number of carbonyl (C=O) groups is 24. The molecule has 32 nitrogen and oxygen atoms in total. The first-order chi connectivity index (χ1) is 32.3. The molecule has 0 aliphatic carbocycles. The fraction of sp³-hybridized carbons (Fsp3) is 0.400. The molecule has 400 valence electrons. The van der Waals surface area contributed by atoms with Gasteiger partial charge in [0.2, 0.25) is 0 Å². The van der Waals surface area contributed by atoms with Gasteiger partial charge in [0.1, 0.15) is 94.0 Å². The van der Waals surface area contributed by atoms with Crippen LogP contribution >= 0.6 is 0 Å². The van der Waals surface area contributed by atoms with Gasteiger partial charge in [-0.05, 0) is 55.4 Å². The Kier molecular flexibility index (Phi) is 61.5. The monoisotopic (exact) mass is 1130 g/mol. The molecule has 0 bridgehead atoms. The second-order valence-electron chi connectivity index (χ2n) is 12.7. The summed E-state index contributed by atoms with van der Waals surface area (Å²) in [6, 6.07) is 0. The van der Waals surface area contributed by atoms with E-state index in [0.717, 1.165) is 55.4 Å². The minimum Gasteiger partial charge on any atom is -0.542 e. The fourth-order valence-corrected chi connectivity index (χ4v) is 2.39. The van der Waals surface area contributed by atoms with E-state index in [2.05, 4.69) is 0 Å². The van der Waals surface area contributed by atoms with Gasteiger partial charge >= 0.3 is 43.4 Å². The van der Waals surface area contributed by atoms with Crippen LogP contribution in [0.15, 0.2) is 0 Å². The quantitative estimate of drug-likeness (QED) is 0.0492. The molecule has 0 amide bonds. The summed E-state index contributed by atoms with van der Waals surface area (Å²) >= 11 is 0. The zero-order chi connectivity index (χ0) is 59.5. The van der Waals surface area contributed by atoms with Crippen molar-refractivity contribution in [2.45, 2.75) is 107 Å². The Bertz CT molecular complexity index is 1740. The van der Waals surface area contributed by atoms with Crippen LogP contribution in [0.4, 0.5) is 0 Å². The predicted octanol–water partition coefficient (Wildman–Crippen LogP) is -13.7. The van der Waals surface area contributed by atoms with Crippen LogP contribution in [0.25, 0.3) is 0 Å². The molecule has 0 radical (unpaired) electrons. The van der Waals surface area contributed by atoms with Crippen LogP contribution in [0.2, 0.25) is 0 Å². The molecular formula is C40H40O32Ti2. The van der Waals surface area contributed by atoms with Gasteiger partial charge in [-0.25, -0.2) is 0 Å². The molecule has 0 unspecified atom stereocenters. The first-order valence-corrected chi connectivity index (χ1v) is 18.2. The molecule has 0 saturated heterocycles. The Morgan fingerprint density at radius 3 is 0.243 bits per heavy atom. The largest absolute Gasteiger partial charge is 4.00 e. The number of ketones is 16. The third-order valence-corrected chi connectivity index (χ3v) is 5.10. The van der Waals surface area contributed by atoms with Crippen LogP contribution in [0.3, 0.4) is 0 Å². The maximum atomic E-state index is 10.1. The van der Waals surface area contributed by atoms with Crippen LogP contribution < -0.4 is 40.9 Å². The summed E-state index contributed by atoms with van der Waals surface area (Å²) in [6.45, 7) is 9.12. The third kappa shape index (κ3) is 80.9. The molecule has 0 aromatic heterocycles. The number of carboxylic acid groups (broad SMARTS) is 8. The smallest absolute Gasteiger partial charge is 0.542 e. The SMILES string of the molecule is CC(=O)CC(=O)C(=O)[O-].CC(=O)CC(=O)C(=O)[O-].CC(=O)CC(=O)C(=O)[O-].CC(=O)CC(=O)C(=O)[O-].CC(=O)CC(=O)C(=O)[O-].CC(=O)CC(=O)C(=O)[O-].CC(=O)CC(=O)C(=O)[O-].CC(=O)CC(=O)C(=O)[O-].[Ti+4].[Ti+4]. The summed E-state index contributed by atoms with van der Waals surface area (Å²) in [5, 5.41) is 77.0. The van der Waals surface area contributed by atoms with Gasteiger partial charge in [-0.2, -0.15) is 0 Å². The summed E-state index contributed by atoms with van der Waals surface area (Å²) in [5.41, 5.74) is 0. The number of Topliss-reactive ketones (excluding diaryl/α,β-unsaturated/α-hetero) is 16. The Morgan fingerprint density at radius 1 is 0.176 bits per heavy atom. The van der Waals surface area contributed by atoms with Gasteiger partial charge in [-0.1, -0.05) is 0 Å². The third-order valence-electron chi connectivity index (χ3n) is 5.10. The minimum absolute atomic E-state index is 0. The van der Waals surface area contributed by atoms with E-state index in [1.165, 1.54) is 0 Å². The molecule has 0 rings (SSSR count). The van der Waals surface area contributed by atoms with E-state index in [-0.39, 0.29) is 43.4 Å². The van der Waals surface area contributed by atoms with Crippen LogP contribution in [0, 0.1) is 0 Å². The summed E-state index contributed by atoms with van der Waals surface area (Å²) < 4.78 is 0. The first kappa shape index (κ1) is 88.8. The Labute approximate surface area is 444 Å². The van der Waals surface area contributed by atoms with Crippen molar-refractivity contribution in [1.29, 1.82) is 0 Å². The normalized spacial score (nSPS) is 8.32. The number of carboxylic acids is 8. The van der Waals surface area contributed by atoms with Crippen LogP contribution in [-0.2, 0) is 159 Å². The molecule has 0 aliphatic rings. The molecule has 0 aliphatic heterocycles. The Morgan fingerprint density at radius 2 is 0.230 bits per heavy atom. The first-order valence-electron chi connectivity index (χ1n) is 18.2. The summed E-state index contributed by atoms with van der Waals surface area (Å²) in [4.78, 5) is 238. The zero-order valence-electron chi connectivity index (χ0n) is 39.7. The summed E-state index contributed by atoms with van der Waals surface area (Å²) in [7, 11) is 0.